The monoisotopic (exact) mass is 367 g/mol. The van der Waals surface area contributed by atoms with Crippen LogP contribution in [0.15, 0.2) is 42.5 Å². The molecule has 2 aromatic carbocycles. The number of fused-ring (bicyclic) bond motifs is 1. The van der Waals surface area contributed by atoms with Gasteiger partial charge in [0, 0.05) is 31.9 Å². The molecule has 0 aliphatic carbocycles. The lowest BCUT2D eigenvalue weighted by atomic mass is 10.1. The smallest absolute Gasteiger partial charge is 0.321 e. The van der Waals surface area contributed by atoms with Gasteiger partial charge in [0.15, 0.2) is 11.5 Å². The van der Waals surface area contributed by atoms with E-state index in [4.69, 9.17) is 9.47 Å². The van der Waals surface area contributed by atoms with Crippen LogP contribution in [-0.4, -0.2) is 54.7 Å². The number of carbonyl (C=O) groups is 2. The number of nitrogens with one attached hydrogen (secondary N) is 1. The molecule has 2 aromatic rings. The number of hydrogen-bond acceptors (Lipinski definition) is 4. The van der Waals surface area contributed by atoms with Crippen molar-refractivity contribution in [3.05, 3.63) is 53.6 Å². The predicted molar refractivity (Wildman–Crippen MR) is 100 cm³/mol. The molecular formula is C20H21N3O4. The second kappa shape index (κ2) is 7.19. The van der Waals surface area contributed by atoms with Crippen molar-refractivity contribution < 1.29 is 19.1 Å². The van der Waals surface area contributed by atoms with Gasteiger partial charge >= 0.3 is 6.03 Å². The number of rotatable bonds is 2. The predicted octanol–water partition coefficient (Wildman–Crippen LogP) is 2.71. The van der Waals surface area contributed by atoms with Gasteiger partial charge in [-0.15, -0.1) is 0 Å². The number of aryl methyl sites for hydroxylation is 1. The average Bonchev–Trinajstić information content (AvgIpc) is 3.18. The molecule has 0 bridgehead atoms. The Hall–Kier alpha value is -3.22. The number of para-hydroxylation sites is 1. The molecule has 3 amide bonds. The van der Waals surface area contributed by atoms with Crippen molar-refractivity contribution in [3.63, 3.8) is 0 Å². The Kier molecular flexibility index (Phi) is 4.58. The summed E-state index contributed by atoms with van der Waals surface area (Å²) in [6.07, 6.45) is 0. The summed E-state index contributed by atoms with van der Waals surface area (Å²) in [5, 5.41) is 2.90. The van der Waals surface area contributed by atoms with Crippen LogP contribution in [0, 0.1) is 6.92 Å². The van der Waals surface area contributed by atoms with Crippen LogP contribution >= 0.6 is 0 Å². The van der Waals surface area contributed by atoms with Crippen LogP contribution in [0.1, 0.15) is 15.9 Å². The summed E-state index contributed by atoms with van der Waals surface area (Å²) in [4.78, 5) is 28.7. The zero-order valence-corrected chi connectivity index (χ0v) is 15.1. The molecule has 0 saturated carbocycles. The van der Waals surface area contributed by atoms with Gasteiger partial charge in [-0.1, -0.05) is 23.8 Å². The number of benzene rings is 2. The zero-order chi connectivity index (χ0) is 18.8. The average molecular weight is 367 g/mol. The molecule has 0 unspecified atom stereocenters. The lowest BCUT2D eigenvalue weighted by Crippen LogP contribution is -2.51. The van der Waals surface area contributed by atoms with E-state index in [9.17, 15) is 9.59 Å². The van der Waals surface area contributed by atoms with Gasteiger partial charge in [0.2, 0.25) is 6.79 Å². The number of carbonyl (C=O) groups excluding carboxylic acids is 2. The highest BCUT2D eigenvalue weighted by atomic mass is 16.7. The lowest BCUT2D eigenvalue weighted by Gasteiger charge is -2.34. The third kappa shape index (κ3) is 3.53. The molecule has 7 nitrogen and oxygen atoms in total. The number of hydrogen-bond donors (Lipinski definition) is 1. The van der Waals surface area contributed by atoms with Crippen molar-refractivity contribution in [2.45, 2.75) is 6.92 Å². The van der Waals surface area contributed by atoms with E-state index in [0.29, 0.717) is 43.2 Å². The molecule has 27 heavy (non-hydrogen) atoms. The molecule has 0 spiro atoms. The summed E-state index contributed by atoms with van der Waals surface area (Å²) in [7, 11) is 0. The van der Waals surface area contributed by atoms with Crippen molar-refractivity contribution in [3.8, 4) is 11.5 Å². The second-order valence-corrected chi connectivity index (χ2v) is 6.61. The van der Waals surface area contributed by atoms with Crippen LogP contribution < -0.4 is 14.8 Å². The molecule has 0 radical (unpaired) electrons. The van der Waals surface area contributed by atoms with Gasteiger partial charge in [-0.3, -0.25) is 4.79 Å². The molecule has 140 valence electrons. The first-order valence-electron chi connectivity index (χ1n) is 8.92. The Labute approximate surface area is 157 Å². The van der Waals surface area contributed by atoms with E-state index < -0.39 is 0 Å². The number of urea groups is 1. The summed E-state index contributed by atoms with van der Waals surface area (Å²) in [5.41, 5.74) is 2.41. The molecule has 2 aliphatic rings. The second-order valence-electron chi connectivity index (χ2n) is 6.61. The molecule has 7 heteroatoms. The maximum Gasteiger partial charge on any atom is 0.321 e. The van der Waals surface area contributed by atoms with Gasteiger partial charge in [0.25, 0.3) is 5.91 Å². The molecule has 0 aromatic heterocycles. The minimum atomic E-state index is -0.150. The van der Waals surface area contributed by atoms with Gasteiger partial charge < -0.3 is 24.6 Å². The van der Waals surface area contributed by atoms with Crippen LogP contribution in [0.3, 0.4) is 0 Å². The fourth-order valence-corrected chi connectivity index (χ4v) is 3.22. The summed E-state index contributed by atoms with van der Waals surface area (Å²) < 4.78 is 10.8. The number of nitrogens with zero attached hydrogens (tertiary/aromatic N) is 2. The Morgan fingerprint density at radius 1 is 0.926 bits per heavy atom. The lowest BCUT2D eigenvalue weighted by molar-refractivity contribution is 0.0667. The van der Waals surface area contributed by atoms with Crippen LogP contribution in [0.4, 0.5) is 10.5 Å². The van der Waals surface area contributed by atoms with Crippen LogP contribution in [0.25, 0.3) is 0 Å². The summed E-state index contributed by atoms with van der Waals surface area (Å²) in [5.74, 6) is 0.995. The minimum absolute atomic E-state index is 0.101. The van der Waals surface area contributed by atoms with Gasteiger partial charge in [0.1, 0.15) is 0 Å². The van der Waals surface area contributed by atoms with E-state index in [2.05, 4.69) is 5.32 Å². The Morgan fingerprint density at radius 3 is 2.37 bits per heavy atom. The SMILES string of the molecule is Cc1ccc(NC(=O)N2CCN(C(=O)c3cccc4c3OCO4)CC2)cc1. The third-order valence-corrected chi connectivity index (χ3v) is 4.78. The zero-order valence-electron chi connectivity index (χ0n) is 15.1. The van der Waals surface area contributed by atoms with Crippen molar-refractivity contribution >= 4 is 17.6 Å². The van der Waals surface area contributed by atoms with Crippen LogP contribution in [0.5, 0.6) is 11.5 Å². The summed E-state index contributed by atoms with van der Waals surface area (Å²) >= 11 is 0. The first kappa shape index (κ1) is 17.2. The fourth-order valence-electron chi connectivity index (χ4n) is 3.22. The van der Waals surface area contributed by atoms with Gasteiger partial charge in [-0.05, 0) is 31.2 Å². The van der Waals surface area contributed by atoms with Crippen molar-refractivity contribution in [1.29, 1.82) is 0 Å². The number of anilines is 1. The topological polar surface area (TPSA) is 71.1 Å². The van der Waals surface area contributed by atoms with Crippen LogP contribution in [-0.2, 0) is 0 Å². The summed E-state index contributed by atoms with van der Waals surface area (Å²) in [6, 6.07) is 12.8. The fraction of sp³-hybridized carbons (Fsp3) is 0.300. The molecule has 2 heterocycles. The molecule has 1 fully saturated rings. The van der Waals surface area contributed by atoms with Crippen molar-refractivity contribution in [2.75, 3.05) is 38.3 Å². The highest BCUT2D eigenvalue weighted by molar-refractivity contribution is 5.98. The quantitative estimate of drug-likeness (QED) is 0.886. The molecule has 1 saturated heterocycles. The van der Waals surface area contributed by atoms with E-state index in [1.165, 1.54) is 0 Å². The Balaban J connectivity index is 1.36. The molecular weight excluding hydrogens is 346 g/mol. The first-order chi connectivity index (χ1) is 13.1. The molecule has 1 N–H and O–H groups in total. The highest BCUT2D eigenvalue weighted by Crippen LogP contribution is 2.36. The van der Waals surface area contributed by atoms with Crippen molar-refractivity contribution in [2.24, 2.45) is 0 Å². The maximum absolute atomic E-state index is 12.8. The van der Waals surface area contributed by atoms with E-state index in [0.717, 1.165) is 11.3 Å². The number of amides is 3. The highest BCUT2D eigenvalue weighted by Gasteiger charge is 2.29. The normalized spacial score (nSPS) is 15.6. The van der Waals surface area contributed by atoms with E-state index in [-0.39, 0.29) is 18.7 Å². The van der Waals surface area contributed by atoms with E-state index in [1.54, 1.807) is 28.0 Å². The first-order valence-corrected chi connectivity index (χ1v) is 8.92. The Bertz CT molecular complexity index is 858. The van der Waals surface area contributed by atoms with Crippen molar-refractivity contribution in [1.82, 2.24) is 9.80 Å². The minimum Gasteiger partial charge on any atom is -0.454 e. The van der Waals surface area contributed by atoms with Gasteiger partial charge in [0.05, 0.1) is 5.56 Å². The molecule has 2 aliphatic heterocycles. The maximum atomic E-state index is 12.8. The van der Waals surface area contributed by atoms with Gasteiger partial charge in [-0.2, -0.15) is 0 Å². The van der Waals surface area contributed by atoms with Gasteiger partial charge in [-0.25, -0.2) is 4.79 Å². The molecule has 4 rings (SSSR count). The van der Waals surface area contributed by atoms with Crippen LogP contribution in [0.2, 0.25) is 0 Å². The summed E-state index contributed by atoms with van der Waals surface area (Å²) in [6.45, 7) is 4.05. The number of ether oxygens (including phenoxy) is 2. The van der Waals surface area contributed by atoms with E-state index in [1.807, 2.05) is 31.2 Å². The largest absolute Gasteiger partial charge is 0.454 e. The number of piperazine rings is 1. The third-order valence-electron chi connectivity index (χ3n) is 4.78. The Morgan fingerprint density at radius 2 is 1.63 bits per heavy atom. The standard InChI is InChI=1S/C20H21N3O4/c1-14-5-7-15(8-6-14)21-20(25)23-11-9-22(10-12-23)19(24)16-3-2-4-17-18(16)27-13-26-17/h2-8H,9-13H2,1H3,(H,21,25). The molecule has 0 atom stereocenters. The van der Waals surface area contributed by atoms with E-state index >= 15 is 0 Å².